The van der Waals surface area contributed by atoms with Crippen molar-refractivity contribution in [3.05, 3.63) is 44.3 Å². The summed E-state index contributed by atoms with van der Waals surface area (Å²) in [5.74, 6) is 0. The second-order valence-corrected chi connectivity index (χ2v) is 4.46. The van der Waals surface area contributed by atoms with Crippen molar-refractivity contribution < 1.29 is 0 Å². The van der Waals surface area contributed by atoms with Gasteiger partial charge in [-0.3, -0.25) is 4.79 Å². The Morgan fingerprint density at radius 1 is 1.57 bits per heavy atom. The number of allylic oxidation sites excluding steroid dienone is 2. The van der Waals surface area contributed by atoms with Gasteiger partial charge in [-0.15, -0.1) is 0 Å². The molecule has 0 unspecified atom stereocenters. The third-order valence-electron chi connectivity index (χ3n) is 1.88. The number of hydrogen-bond acceptors (Lipinski definition) is 1. The van der Waals surface area contributed by atoms with E-state index in [1.54, 1.807) is 4.57 Å². The number of hydrogen-bond donors (Lipinski definition) is 0. The minimum atomic E-state index is 0.0214. The Hall–Kier alpha value is -0.830. The first kappa shape index (κ1) is 11.2. The highest BCUT2D eigenvalue weighted by Crippen LogP contribution is 2.05. The van der Waals surface area contributed by atoms with E-state index in [9.17, 15) is 4.79 Å². The quantitative estimate of drug-likeness (QED) is 0.746. The molecule has 1 rings (SSSR count). The summed E-state index contributed by atoms with van der Waals surface area (Å²) >= 11 is 3.25. The summed E-state index contributed by atoms with van der Waals surface area (Å²) in [5.41, 5.74) is 2.32. The fourth-order valence-corrected chi connectivity index (χ4v) is 1.75. The molecule has 1 aromatic heterocycles. The Balaban J connectivity index is 3.09. The molecule has 2 nitrogen and oxygen atoms in total. The lowest BCUT2D eigenvalue weighted by Crippen LogP contribution is -2.19. The molecule has 0 aliphatic carbocycles. The minimum absolute atomic E-state index is 0.0214. The van der Waals surface area contributed by atoms with Crippen molar-refractivity contribution in [1.29, 1.82) is 0 Å². The molecule has 0 saturated carbocycles. The Kier molecular flexibility index (Phi) is 3.69. The van der Waals surface area contributed by atoms with Crippen LogP contribution in [0.4, 0.5) is 0 Å². The van der Waals surface area contributed by atoms with Crippen molar-refractivity contribution in [1.82, 2.24) is 4.57 Å². The molecule has 3 heteroatoms. The lowest BCUT2D eigenvalue weighted by Gasteiger charge is -2.04. The molecule has 0 bridgehead atoms. The maximum atomic E-state index is 11.6. The van der Waals surface area contributed by atoms with Crippen molar-refractivity contribution in [3.8, 4) is 0 Å². The van der Waals surface area contributed by atoms with Crippen LogP contribution >= 0.6 is 15.9 Å². The van der Waals surface area contributed by atoms with Crippen molar-refractivity contribution in [2.24, 2.45) is 0 Å². The van der Waals surface area contributed by atoms with Crippen molar-refractivity contribution in [3.63, 3.8) is 0 Å². The van der Waals surface area contributed by atoms with Crippen LogP contribution in [0.25, 0.3) is 0 Å². The first-order chi connectivity index (χ1) is 6.50. The molecule has 0 radical (unpaired) electrons. The van der Waals surface area contributed by atoms with Crippen molar-refractivity contribution in [2.45, 2.75) is 27.3 Å². The predicted octanol–water partition coefficient (Wildman–Crippen LogP) is 2.89. The number of aromatic nitrogens is 1. The molecule has 0 N–H and O–H groups in total. The van der Waals surface area contributed by atoms with Gasteiger partial charge in [0.2, 0.25) is 0 Å². The van der Waals surface area contributed by atoms with Gasteiger partial charge in [0.1, 0.15) is 0 Å². The van der Waals surface area contributed by atoms with E-state index >= 15 is 0 Å². The van der Waals surface area contributed by atoms with Crippen LogP contribution in [0.15, 0.2) is 33.2 Å². The second-order valence-electron chi connectivity index (χ2n) is 3.60. The average molecular weight is 256 g/mol. The van der Waals surface area contributed by atoms with Gasteiger partial charge in [0.15, 0.2) is 0 Å². The van der Waals surface area contributed by atoms with Crippen LogP contribution in [-0.4, -0.2) is 4.57 Å². The molecule has 0 amide bonds. The molecule has 0 atom stereocenters. The van der Waals surface area contributed by atoms with E-state index in [0.717, 1.165) is 5.56 Å². The third kappa shape index (κ3) is 2.84. The number of rotatable bonds is 2. The maximum absolute atomic E-state index is 11.6. The molecule has 1 heterocycles. The number of pyridine rings is 1. The molecule has 0 spiro atoms. The minimum Gasteiger partial charge on any atom is -0.310 e. The van der Waals surface area contributed by atoms with Crippen molar-refractivity contribution in [2.75, 3.05) is 0 Å². The third-order valence-corrected chi connectivity index (χ3v) is 2.44. The van der Waals surface area contributed by atoms with E-state index in [1.165, 1.54) is 5.57 Å². The lowest BCUT2D eigenvalue weighted by atomic mass is 10.3. The van der Waals surface area contributed by atoms with Gasteiger partial charge < -0.3 is 4.57 Å². The Morgan fingerprint density at radius 3 is 2.79 bits per heavy atom. The average Bonchev–Trinajstić information content (AvgIpc) is 2.08. The number of halogens is 1. The van der Waals surface area contributed by atoms with E-state index in [2.05, 4.69) is 15.9 Å². The standard InChI is InChI=1S/C11H14BrNO/c1-8(2)4-5-13-7-9(3)6-10(12)11(13)14/h4,6-7H,5H2,1-3H3. The molecular formula is C11H14BrNO. The van der Waals surface area contributed by atoms with E-state index in [-0.39, 0.29) is 5.56 Å². The van der Waals surface area contributed by atoms with Crippen LogP contribution < -0.4 is 5.56 Å². The fraction of sp³-hybridized carbons (Fsp3) is 0.364. The van der Waals surface area contributed by atoms with E-state index < -0.39 is 0 Å². The predicted molar refractivity (Wildman–Crippen MR) is 62.6 cm³/mol. The Labute approximate surface area is 92.4 Å². The monoisotopic (exact) mass is 255 g/mol. The van der Waals surface area contributed by atoms with Gasteiger partial charge >= 0.3 is 0 Å². The van der Waals surface area contributed by atoms with E-state index in [1.807, 2.05) is 39.1 Å². The lowest BCUT2D eigenvalue weighted by molar-refractivity contribution is 0.764. The van der Waals surface area contributed by atoms with Crippen LogP contribution in [0.5, 0.6) is 0 Å². The molecule has 0 aromatic carbocycles. The number of nitrogens with zero attached hydrogens (tertiary/aromatic N) is 1. The zero-order chi connectivity index (χ0) is 10.7. The van der Waals surface area contributed by atoms with Gasteiger partial charge in [-0.1, -0.05) is 11.6 Å². The van der Waals surface area contributed by atoms with Crippen LogP contribution in [-0.2, 0) is 6.54 Å². The summed E-state index contributed by atoms with van der Waals surface area (Å²) in [6.45, 7) is 6.66. The molecular weight excluding hydrogens is 242 g/mol. The zero-order valence-electron chi connectivity index (χ0n) is 8.67. The highest BCUT2D eigenvalue weighted by atomic mass is 79.9. The Bertz CT molecular complexity index is 414. The number of aryl methyl sites for hydroxylation is 1. The summed E-state index contributed by atoms with van der Waals surface area (Å²) in [6.07, 6.45) is 3.90. The van der Waals surface area contributed by atoms with Crippen LogP contribution in [0, 0.1) is 6.92 Å². The van der Waals surface area contributed by atoms with Gasteiger partial charge in [0.25, 0.3) is 5.56 Å². The fourth-order valence-electron chi connectivity index (χ4n) is 1.16. The van der Waals surface area contributed by atoms with E-state index in [0.29, 0.717) is 11.0 Å². The highest BCUT2D eigenvalue weighted by Gasteiger charge is 2.00. The molecule has 0 fully saturated rings. The normalized spacial score (nSPS) is 10.0. The summed E-state index contributed by atoms with van der Waals surface area (Å²) < 4.78 is 2.33. The maximum Gasteiger partial charge on any atom is 0.265 e. The van der Waals surface area contributed by atoms with Crippen LogP contribution in [0.2, 0.25) is 0 Å². The summed E-state index contributed by atoms with van der Waals surface area (Å²) in [7, 11) is 0. The SMILES string of the molecule is CC(C)=CCn1cc(C)cc(Br)c1=O. The van der Waals surface area contributed by atoms with Crippen molar-refractivity contribution >= 4 is 15.9 Å². The largest absolute Gasteiger partial charge is 0.310 e. The zero-order valence-corrected chi connectivity index (χ0v) is 10.3. The molecule has 76 valence electrons. The summed E-state index contributed by atoms with van der Waals surface area (Å²) in [5, 5.41) is 0. The second kappa shape index (κ2) is 4.60. The molecule has 0 aliphatic rings. The van der Waals surface area contributed by atoms with Gasteiger partial charge in [-0.25, -0.2) is 0 Å². The van der Waals surface area contributed by atoms with Gasteiger partial charge in [0.05, 0.1) is 4.47 Å². The summed E-state index contributed by atoms with van der Waals surface area (Å²) in [6, 6.07) is 1.83. The topological polar surface area (TPSA) is 22.0 Å². The van der Waals surface area contributed by atoms with E-state index in [4.69, 9.17) is 0 Å². The first-order valence-electron chi connectivity index (χ1n) is 4.50. The Morgan fingerprint density at radius 2 is 2.21 bits per heavy atom. The first-order valence-corrected chi connectivity index (χ1v) is 5.30. The highest BCUT2D eigenvalue weighted by molar-refractivity contribution is 9.10. The van der Waals surface area contributed by atoms with Gasteiger partial charge in [0, 0.05) is 12.7 Å². The van der Waals surface area contributed by atoms with Crippen LogP contribution in [0.1, 0.15) is 19.4 Å². The molecule has 0 saturated heterocycles. The molecule has 14 heavy (non-hydrogen) atoms. The summed E-state index contributed by atoms with van der Waals surface area (Å²) in [4.78, 5) is 11.6. The molecule has 0 aliphatic heterocycles. The van der Waals surface area contributed by atoms with Gasteiger partial charge in [-0.05, 0) is 48.3 Å². The molecule has 1 aromatic rings. The van der Waals surface area contributed by atoms with Crippen LogP contribution in [0.3, 0.4) is 0 Å². The smallest absolute Gasteiger partial charge is 0.265 e. The van der Waals surface area contributed by atoms with Gasteiger partial charge in [-0.2, -0.15) is 0 Å².